The maximum Gasteiger partial charge on any atom is 0.0540 e. The second-order valence-corrected chi connectivity index (χ2v) is 13.4. The highest BCUT2D eigenvalue weighted by Gasteiger charge is 2.04. The molecule has 1 nitrogen and oxygen atoms in total. The zero-order chi connectivity index (χ0) is 27.2. The molecule has 0 aromatic carbocycles. The van der Waals surface area contributed by atoms with E-state index >= 15 is 0 Å². The molecule has 224 valence electrons. The van der Waals surface area contributed by atoms with Crippen LogP contribution in [0.1, 0.15) is 214 Å². The van der Waals surface area contributed by atoms with Crippen LogP contribution in [0, 0.1) is 11.8 Å². The van der Waals surface area contributed by atoms with Gasteiger partial charge in [0.1, 0.15) is 0 Å². The van der Waals surface area contributed by atoms with E-state index in [2.05, 4.69) is 27.7 Å². The van der Waals surface area contributed by atoms with Crippen LogP contribution in [-0.4, -0.2) is 11.2 Å². The molecule has 0 aromatic heterocycles. The lowest BCUT2D eigenvalue weighted by molar-refractivity contribution is 0.147. The molecule has 0 spiro atoms. The molecule has 1 atom stereocenters. The van der Waals surface area contributed by atoms with Gasteiger partial charge >= 0.3 is 0 Å². The van der Waals surface area contributed by atoms with Crippen LogP contribution in [-0.2, 0) is 0 Å². The Morgan fingerprint density at radius 2 is 0.432 bits per heavy atom. The van der Waals surface area contributed by atoms with Crippen molar-refractivity contribution in [3.8, 4) is 0 Å². The first kappa shape index (κ1) is 37.0. The molecule has 1 N–H and O–H groups in total. The zero-order valence-corrected chi connectivity index (χ0v) is 26.7. The smallest absolute Gasteiger partial charge is 0.0540 e. The SMILES string of the molecule is CC(C)CCCCCCCCCCCCCCCC(O)CCCCCCCCCCCCCCC(C)C. The van der Waals surface area contributed by atoms with Gasteiger partial charge in [-0.2, -0.15) is 0 Å². The average molecular weight is 523 g/mol. The van der Waals surface area contributed by atoms with E-state index in [1.807, 2.05) is 0 Å². The number of aliphatic hydroxyl groups excluding tert-OH is 1. The van der Waals surface area contributed by atoms with Gasteiger partial charge in [-0.1, -0.05) is 201 Å². The van der Waals surface area contributed by atoms with Crippen LogP contribution >= 0.6 is 0 Å². The van der Waals surface area contributed by atoms with Crippen molar-refractivity contribution in [2.24, 2.45) is 11.8 Å². The van der Waals surface area contributed by atoms with Crippen molar-refractivity contribution in [2.75, 3.05) is 0 Å². The van der Waals surface area contributed by atoms with E-state index < -0.39 is 0 Å². The molecule has 0 bridgehead atoms. The van der Waals surface area contributed by atoms with Crippen LogP contribution in [0.5, 0.6) is 0 Å². The molecule has 0 heterocycles. The van der Waals surface area contributed by atoms with Crippen molar-refractivity contribution in [3.63, 3.8) is 0 Å². The summed E-state index contributed by atoms with van der Waals surface area (Å²) in [7, 11) is 0. The van der Waals surface area contributed by atoms with Crippen molar-refractivity contribution >= 4 is 0 Å². The summed E-state index contributed by atoms with van der Waals surface area (Å²) in [4.78, 5) is 0. The van der Waals surface area contributed by atoms with E-state index in [-0.39, 0.29) is 6.10 Å². The van der Waals surface area contributed by atoms with Gasteiger partial charge in [0.2, 0.25) is 0 Å². The van der Waals surface area contributed by atoms with E-state index in [4.69, 9.17) is 0 Å². The van der Waals surface area contributed by atoms with Crippen LogP contribution in [0.25, 0.3) is 0 Å². The summed E-state index contributed by atoms with van der Waals surface area (Å²) in [5, 5.41) is 10.3. The highest BCUT2D eigenvalue weighted by Crippen LogP contribution is 2.17. The third-order valence-electron chi connectivity index (χ3n) is 8.39. The van der Waals surface area contributed by atoms with Gasteiger partial charge in [0.25, 0.3) is 0 Å². The van der Waals surface area contributed by atoms with Gasteiger partial charge in [-0.3, -0.25) is 0 Å². The van der Waals surface area contributed by atoms with Gasteiger partial charge < -0.3 is 5.11 Å². The lowest BCUT2D eigenvalue weighted by Crippen LogP contribution is -2.05. The molecule has 0 radical (unpaired) electrons. The van der Waals surface area contributed by atoms with E-state index in [0.717, 1.165) is 24.7 Å². The van der Waals surface area contributed by atoms with Crippen molar-refractivity contribution < 1.29 is 5.11 Å². The normalized spacial score (nSPS) is 12.7. The predicted octanol–water partition coefficient (Wildman–Crippen LogP) is 13.0. The Labute approximate surface area is 236 Å². The zero-order valence-electron chi connectivity index (χ0n) is 26.7. The second-order valence-electron chi connectivity index (χ2n) is 13.4. The summed E-state index contributed by atoms with van der Waals surface area (Å²) in [6.07, 6.45) is 40.1. The predicted molar refractivity (Wildman–Crippen MR) is 170 cm³/mol. The van der Waals surface area contributed by atoms with Gasteiger partial charge in [0, 0.05) is 0 Å². The molecule has 0 aromatic rings. The number of unbranched alkanes of at least 4 members (excludes halogenated alkanes) is 23. The average Bonchev–Trinajstić information content (AvgIpc) is 2.86. The number of hydrogen-bond acceptors (Lipinski definition) is 1. The summed E-state index contributed by atoms with van der Waals surface area (Å²) in [5.74, 6) is 1.76. The first-order valence-electron chi connectivity index (χ1n) is 17.7. The fourth-order valence-electron chi connectivity index (χ4n) is 5.72. The van der Waals surface area contributed by atoms with Crippen LogP contribution in [0.4, 0.5) is 0 Å². The third-order valence-corrected chi connectivity index (χ3v) is 8.39. The van der Waals surface area contributed by atoms with E-state index in [1.54, 1.807) is 0 Å². The first-order chi connectivity index (χ1) is 18.0. The van der Waals surface area contributed by atoms with Gasteiger partial charge in [-0.05, 0) is 24.7 Å². The summed E-state index contributed by atoms with van der Waals surface area (Å²) < 4.78 is 0. The van der Waals surface area contributed by atoms with Gasteiger partial charge in [0.05, 0.1) is 6.10 Å². The van der Waals surface area contributed by atoms with Crippen LogP contribution in [0.2, 0.25) is 0 Å². The maximum absolute atomic E-state index is 10.3. The Morgan fingerprint density at radius 1 is 0.270 bits per heavy atom. The second kappa shape index (κ2) is 30.5. The fraction of sp³-hybridized carbons (Fsp3) is 1.00. The summed E-state index contributed by atoms with van der Waals surface area (Å²) in [5.41, 5.74) is 0. The van der Waals surface area contributed by atoms with Crippen LogP contribution < -0.4 is 0 Å². The molecular weight excluding hydrogens is 448 g/mol. The maximum atomic E-state index is 10.3. The molecule has 0 saturated carbocycles. The lowest BCUT2D eigenvalue weighted by atomic mass is 10.0. The van der Waals surface area contributed by atoms with Crippen LogP contribution in [0.15, 0.2) is 0 Å². The van der Waals surface area contributed by atoms with Crippen LogP contribution in [0.3, 0.4) is 0 Å². The highest BCUT2D eigenvalue weighted by molar-refractivity contribution is 4.58. The summed E-state index contributed by atoms with van der Waals surface area (Å²) >= 11 is 0. The van der Waals surface area contributed by atoms with Gasteiger partial charge in [-0.15, -0.1) is 0 Å². The quantitative estimate of drug-likeness (QED) is 0.0897. The van der Waals surface area contributed by atoms with Gasteiger partial charge in [0.15, 0.2) is 0 Å². The summed E-state index contributed by atoms with van der Waals surface area (Å²) in [6, 6.07) is 0. The minimum Gasteiger partial charge on any atom is -0.393 e. The Hall–Kier alpha value is -0.0400. The Bertz CT molecular complexity index is 401. The lowest BCUT2D eigenvalue weighted by Gasteiger charge is -2.10. The topological polar surface area (TPSA) is 20.2 Å². The molecule has 0 fully saturated rings. The summed E-state index contributed by atoms with van der Waals surface area (Å²) in [6.45, 7) is 9.35. The standard InChI is InChI=1S/C36H74O/c1-34(2)30-26-22-18-14-10-6-5-7-12-16-20-24-28-32-36(37)33-29-25-21-17-13-9-8-11-15-19-23-27-31-35(3)4/h34-37H,5-33H2,1-4H3. The number of rotatable bonds is 31. The van der Waals surface area contributed by atoms with Crippen molar-refractivity contribution in [3.05, 3.63) is 0 Å². The van der Waals surface area contributed by atoms with Crippen molar-refractivity contribution in [1.82, 2.24) is 0 Å². The molecule has 0 aliphatic rings. The minimum atomic E-state index is -0.0362. The molecule has 1 unspecified atom stereocenters. The number of aliphatic hydroxyl groups is 1. The molecule has 0 aliphatic carbocycles. The highest BCUT2D eigenvalue weighted by atomic mass is 16.3. The largest absolute Gasteiger partial charge is 0.393 e. The minimum absolute atomic E-state index is 0.0362. The fourth-order valence-corrected chi connectivity index (χ4v) is 5.72. The molecule has 37 heavy (non-hydrogen) atoms. The first-order valence-corrected chi connectivity index (χ1v) is 17.7. The van der Waals surface area contributed by atoms with E-state index in [0.29, 0.717) is 0 Å². The molecule has 0 aliphatic heterocycles. The molecular formula is C36H74O. The van der Waals surface area contributed by atoms with Gasteiger partial charge in [-0.25, -0.2) is 0 Å². The molecule has 0 rings (SSSR count). The molecule has 1 heteroatoms. The van der Waals surface area contributed by atoms with E-state index in [1.165, 1.54) is 173 Å². The van der Waals surface area contributed by atoms with E-state index in [9.17, 15) is 5.11 Å². The van der Waals surface area contributed by atoms with Crippen molar-refractivity contribution in [1.29, 1.82) is 0 Å². The Kier molecular flexibility index (Phi) is 30.5. The number of hydrogen-bond donors (Lipinski definition) is 1. The monoisotopic (exact) mass is 523 g/mol. The Balaban J connectivity index is 3.15. The Morgan fingerprint density at radius 3 is 0.622 bits per heavy atom. The molecule has 0 saturated heterocycles. The molecule has 0 amide bonds. The third kappa shape index (κ3) is 33.9. The van der Waals surface area contributed by atoms with Crippen molar-refractivity contribution in [2.45, 2.75) is 220 Å².